The van der Waals surface area contributed by atoms with Crippen LogP contribution < -0.4 is 0 Å². The summed E-state index contributed by atoms with van der Waals surface area (Å²) in [6.07, 6.45) is 0. The Labute approximate surface area is 111 Å². The number of nitro benzene ring substituents is 1. The number of amides is 2. The second-order valence-corrected chi connectivity index (χ2v) is 4.69. The van der Waals surface area contributed by atoms with E-state index in [1.807, 2.05) is 0 Å². The number of hydrogen-bond donors (Lipinski definition) is 0. The summed E-state index contributed by atoms with van der Waals surface area (Å²) in [6, 6.07) is 5.18. The van der Waals surface area contributed by atoms with Gasteiger partial charge in [-0.3, -0.25) is 29.4 Å². The lowest BCUT2D eigenvalue weighted by Gasteiger charge is -2.11. The number of ketones is 1. The molecule has 0 aliphatic carbocycles. The molecule has 0 aromatic heterocycles. The van der Waals surface area contributed by atoms with Crippen LogP contribution in [0, 0.1) is 10.1 Å². The highest BCUT2D eigenvalue weighted by Gasteiger charge is 2.31. The van der Waals surface area contributed by atoms with Crippen molar-refractivity contribution in [1.82, 2.24) is 4.90 Å². The number of imide groups is 1. The number of non-ortho nitro benzene ring substituents is 1. The highest BCUT2D eigenvalue weighted by molar-refractivity contribution is 8.14. The third-order valence-electron chi connectivity index (χ3n) is 2.52. The molecular weight excluding hydrogens is 272 g/mol. The number of carbonyl (C=O) groups is 3. The maximum absolute atomic E-state index is 11.9. The van der Waals surface area contributed by atoms with Gasteiger partial charge >= 0.3 is 0 Å². The van der Waals surface area contributed by atoms with E-state index in [1.165, 1.54) is 18.2 Å². The SMILES string of the molecule is O=C(CN1C(=O)CSC1=O)c1cccc([N+](=O)[O-])c1. The average Bonchev–Trinajstić information content (AvgIpc) is 2.70. The molecule has 2 amide bonds. The van der Waals surface area contributed by atoms with Crippen molar-refractivity contribution in [1.29, 1.82) is 0 Å². The summed E-state index contributed by atoms with van der Waals surface area (Å²) in [7, 11) is 0. The van der Waals surface area contributed by atoms with Crippen molar-refractivity contribution < 1.29 is 19.3 Å². The number of rotatable bonds is 4. The zero-order chi connectivity index (χ0) is 14.0. The first-order chi connectivity index (χ1) is 8.99. The summed E-state index contributed by atoms with van der Waals surface area (Å²) < 4.78 is 0. The van der Waals surface area contributed by atoms with Crippen molar-refractivity contribution in [3.8, 4) is 0 Å². The summed E-state index contributed by atoms with van der Waals surface area (Å²) in [4.78, 5) is 45.4. The van der Waals surface area contributed by atoms with Gasteiger partial charge in [0.15, 0.2) is 5.78 Å². The molecule has 2 rings (SSSR count). The van der Waals surface area contributed by atoms with E-state index < -0.39 is 21.9 Å². The number of nitro groups is 1. The summed E-state index contributed by atoms with van der Waals surface area (Å²) in [5.41, 5.74) is -0.106. The Morgan fingerprint density at radius 1 is 1.42 bits per heavy atom. The molecule has 0 radical (unpaired) electrons. The van der Waals surface area contributed by atoms with Gasteiger partial charge in [-0.25, -0.2) is 0 Å². The topological polar surface area (TPSA) is 97.6 Å². The summed E-state index contributed by atoms with van der Waals surface area (Å²) in [5, 5.41) is 10.1. The summed E-state index contributed by atoms with van der Waals surface area (Å²) in [5.74, 6) is -0.900. The number of thioether (sulfide) groups is 1. The molecule has 0 bridgehead atoms. The Kier molecular flexibility index (Phi) is 3.61. The van der Waals surface area contributed by atoms with Crippen molar-refractivity contribution in [2.24, 2.45) is 0 Å². The maximum Gasteiger partial charge on any atom is 0.289 e. The molecule has 1 fully saturated rings. The van der Waals surface area contributed by atoms with Gasteiger partial charge in [0, 0.05) is 17.7 Å². The van der Waals surface area contributed by atoms with Crippen LogP contribution in [0.15, 0.2) is 24.3 Å². The van der Waals surface area contributed by atoms with Gasteiger partial charge in [-0.15, -0.1) is 0 Å². The van der Waals surface area contributed by atoms with Crippen LogP contribution in [0.5, 0.6) is 0 Å². The Morgan fingerprint density at radius 2 is 2.16 bits per heavy atom. The van der Waals surface area contributed by atoms with Crippen molar-refractivity contribution >= 4 is 34.4 Å². The second kappa shape index (κ2) is 5.19. The standard InChI is InChI=1S/C11H8N2O5S/c14-9(5-12-10(15)6-19-11(12)16)7-2-1-3-8(4-7)13(17)18/h1-4H,5-6H2. The van der Waals surface area contributed by atoms with Crippen LogP contribution in [0.4, 0.5) is 10.5 Å². The lowest BCUT2D eigenvalue weighted by atomic mass is 10.1. The molecule has 0 N–H and O–H groups in total. The molecule has 1 saturated heterocycles. The van der Waals surface area contributed by atoms with E-state index in [-0.39, 0.29) is 23.5 Å². The maximum atomic E-state index is 11.9. The molecule has 7 nitrogen and oxygen atoms in total. The van der Waals surface area contributed by atoms with E-state index >= 15 is 0 Å². The monoisotopic (exact) mass is 280 g/mol. The summed E-state index contributed by atoms with van der Waals surface area (Å²) in [6.45, 7) is -0.383. The van der Waals surface area contributed by atoms with E-state index in [0.717, 1.165) is 22.7 Å². The lowest BCUT2D eigenvalue weighted by Crippen LogP contribution is -2.33. The smallest absolute Gasteiger partial charge is 0.289 e. The van der Waals surface area contributed by atoms with Gasteiger partial charge in [-0.1, -0.05) is 23.9 Å². The Balaban J connectivity index is 2.16. The van der Waals surface area contributed by atoms with Crippen LogP contribution in [0.25, 0.3) is 0 Å². The first-order valence-corrected chi connectivity index (χ1v) is 6.22. The number of nitrogens with zero attached hydrogens (tertiary/aromatic N) is 2. The Hall–Kier alpha value is -2.22. The molecule has 8 heteroatoms. The Morgan fingerprint density at radius 3 is 2.74 bits per heavy atom. The minimum absolute atomic E-state index is 0.0288. The molecule has 0 atom stereocenters. The molecule has 1 aliphatic heterocycles. The number of Topliss-reactive ketones (excluding diaryl/α,β-unsaturated/α-hetero) is 1. The minimum atomic E-state index is -0.612. The number of carbonyl (C=O) groups excluding carboxylic acids is 3. The van der Waals surface area contributed by atoms with Crippen molar-refractivity contribution in [2.45, 2.75) is 0 Å². The van der Waals surface area contributed by atoms with Crippen LogP contribution >= 0.6 is 11.8 Å². The van der Waals surface area contributed by atoms with Gasteiger partial charge in [0.05, 0.1) is 17.2 Å². The molecule has 1 aliphatic rings. The summed E-state index contributed by atoms with van der Waals surface area (Å²) >= 11 is 0.836. The predicted octanol–water partition coefficient (Wildman–Crippen LogP) is 1.47. The molecule has 0 saturated carbocycles. The molecular formula is C11H8N2O5S. The van der Waals surface area contributed by atoms with E-state index in [9.17, 15) is 24.5 Å². The molecule has 1 aromatic carbocycles. The zero-order valence-electron chi connectivity index (χ0n) is 9.57. The van der Waals surface area contributed by atoms with Gasteiger partial charge < -0.3 is 0 Å². The molecule has 0 spiro atoms. The zero-order valence-corrected chi connectivity index (χ0v) is 10.4. The van der Waals surface area contributed by atoms with Crippen LogP contribution in [-0.2, 0) is 4.79 Å². The first kappa shape index (κ1) is 13.2. The average molecular weight is 280 g/mol. The lowest BCUT2D eigenvalue weighted by molar-refractivity contribution is -0.384. The van der Waals surface area contributed by atoms with E-state index in [4.69, 9.17) is 0 Å². The van der Waals surface area contributed by atoms with Crippen molar-refractivity contribution in [3.05, 3.63) is 39.9 Å². The molecule has 19 heavy (non-hydrogen) atoms. The van der Waals surface area contributed by atoms with E-state index in [2.05, 4.69) is 0 Å². The van der Waals surface area contributed by atoms with Gasteiger partial charge in [-0.05, 0) is 0 Å². The third-order valence-corrected chi connectivity index (χ3v) is 3.38. The highest BCUT2D eigenvalue weighted by atomic mass is 32.2. The number of hydrogen-bond acceptors (Lipinski definition) is 6. The van der Waals surface area contributed by atoms with Crippen molar-refractivity contribution in [2.75, 3.05) is 12.3 Å². The van der Waals surface area contributed by atoms with Crippen molar-refractivity contribution in [3.63, 3.8) is 0 Å². The Bertz CT molecular complexity index is 570. The van der Waals surface area contributed by atoms with E-state index in [1.54, 1.807) is 0 Å². The fourth-order valence-electron chi connectivity index (χ4n) is 1.56. The third kappa shape index (κ3) is 2.79. The fourth-order valence-corrected chi connectivity index (χ4v) is 2.29. The molecule has 1 heterocycles. The second-order valence-electron chi connectivity index (χ2n) is 3.77. The first-order valence-electron chi connectivity index (χ1n) is 5.24. The molecule has 1 aromatic rings. The van der Waals surface area contributed by atoms with Gasteiger partial charge in [-0.2, -0.15) is 0 Å². The van der Waals surface area contributed by atoms with Gasteiger partial charge in [0.25, 0.3) is 10.9 Å². The molecule has 98 valence electrons. The van der Waals surface area contributed by atoms with Crippen LogP contribution in [0.3, 0.4) is 0 Å². The molecule has 0 unspecified atom stereocenters. The highest BCUT2D eigenvalue weighted by Crippen LogP contribution is 2.20. The predicted molar refractivity (Wildman–Crippen MR) is 67.0 cm³/mol. The fraction of sp³-hybridized carbons (Fsp3) is 0.182. The van der Waals surface area contributed by atoms with Gasteiger partial charge in [0.1, 0.15) is 0 Å². The largest absolute Gasteiger partial charge is 0.292 e. The van der Waals surface area contributed by atoms with Crippen LogP contribution in [0.2, 0.25) is 0 Å². The number of benzene rings is 1. The van der Waals surface area contributed by atoms with Crippen LogP contribution in [-0.4, -0.2) is 39.1 Å². The quantitative estimate of drug-likeness (QED) is 0.470. The van der Waals surface area contributed by atoms with E-state index in [0.29, 0.717) is 0 Å². The van der Waals surface area contributed by atoms with Gasteiger partial charge in [0.2, 0.25) is 5.91 Å². The van der Waals surface area contributed by atoms with Crippen LogP contribution in [0.1, 0.15) is 10.4 Å². The normalized spacial score (nSPS) is 14.8. The minimum Gasteiger partial charge on any atom is -0.292 e.